The predicted octanol–water partition coefficient (Wildman–Crippen LogP) is 5.63. The van der Waals surface area contributed by atoms with Gasteiger partial charge in [-0.3, -0.25) is 0 Å². The number of benzene rings is 1. The number of rotatable bonds is 4. The molecule has 2 aromatic rings. The zero-order valence-electron chi connectivity index (χ0n) is 13.9. The van der Waals surface area contributed by atoms with Gasteiger partial charge in [-0.1, -0.05) is 23.7 Å². The lowest BCUT2D eigenvalue weighted by Crippen LogP contribution is -2.27. The Morgan fingerprint density at radius 3 is 2.22 bits per heavy atom. The maximum absolute atomic E-state index is 11.8. The highest BCUT2D eigenvalue weighted by molar-refractivity contribution is 7.12. The summed E-state index contributed by atoms with van der Waals surface area (Å²) in [4.78, 5) is 13.9. The Hall–Kier alpha value is -1.36. The summed E-state index contributed by atoms with van der Waals surface area (Å²) in [5.74, 6) is -0.976. The number of halogens is 1. The van der Waals surface area contributed by atoms with E-state index in [1.165, 1.54) is 0 Å². The molecule has 0 aliphatic rings. The minimum absolute atomic E-state index is 0.553. The van der Waals surface area contributed by atoms with E-state index in [-0.39, 0.29) is 0 Å². The molecule has 0 saturated carbocycles. The molecule has 1 N–H and O–H groups in total. The fourth-order valence-electron chi connectivity index (χ4n) is 2.58. The number of aryl methyl sites for hydroxylation is 2. The molecule has 1 heterocycles. The average Bonchev–Trinajstić information content (AvgIpc) is 2.70. The van der Waals surface area contributed by atoms with Gasteiger partial charge in [0.15, 0.2) is 6.10 Å². The smallest absolute Gasteiger partial charge is 0.337 e. The van der Waals surface area contributed by atoms with Gasteiger partial charge in [-0.2, -0.15) is 0 Å². The molecule has 0 bridgehead atoms. The Morgan fingerprint density at radius 1 is 1.17 bits per heavy atom. The van der Waals surface area contributed by atoms with E-state index in [2.05, 4.69) is 0 Å². The highest BCUT2D eigenvalue weighted by Gasteiger charge is 2.32. The highest BCUT2D eigenvalue weighted by Crippen LogP contribution is 2.42. The van der Waals surface area contributed by atoms with Crippen molar-refractivity contribution >= 4 is 28.9 Å². The SMILES string of the molecule is Cc1sc(C)c(C(OC(C)(C)C)C(=O)O)c1-c1ccc(Cl)cc1. The molecule has 1 unspecified atom stereocenters. The largest absolute Gasteiger partial charge is 0.479 e. The predicted molar refractivity (Wildman–Crippen MR) is 95.5 cm³/mol. The number of thiophene rings is 1. The Kier molecular flexibility index (Phi) is 5.19. The minimum Gasteiger partial charge on any atom is -0.479 e. The molecule has 5 heteroatoms. The van der Waals surface area contributed by atoms with Crippen LogP contribution in [0.25, 0.3) is 11.1 Å². The molecule has 2 rings (SSSR count). The van der Waals surface area contributed by atoms with Gasteiger partial charge in [-0.05, 0) is 52.3 Å². The van der Waals surface area contributed by atoms with Crippen LogP contribution in [0.5, 0.6) is 0 Å². The Morgan fingerprint density at radius 2 is 1.74 bits per heavy atom. The fourth-order valence-corrected chi connectivity index (χ4v) is 3.81. The first-order valence-electron chi connectivity index (χ1n) is 7.36. The van der Waals surface area contributed by atoms with Gasteiger partial charge in [-0.25, -0.2) is 4.79 Å². The van der Waals surface area contributed by atoms with Crippen molar-refractivity contribution in [1.82, 2.24) is 0 Å². The van der Waals surface area contributed by atoms with Crippen LogP contribution in [0, 0.1) is 13.8 Å². The Bertz CT molecular complexity index is 711. The van der Waals surface area contributed by atoms with Crippen molar-refractivity contribution < 1.29 is 14.6 Å². The molecule has 23 heavy (non-hydrogen) atoms. The zero-order valence-corrected chi connectivity index (χ0v) is 15.5. The summed E-state index contributed by atoms with van der Waals surface area (Å²) < 4.78 is 5.85. The van der Waals surface area contributed by atoms with Crippen molar-refractivity contribution in [3.63, 3.8) is 0 Å². The van der Waals surface area contributed by atoms with E-state index in [0.29, 0.717) is 5.02 Å². The average molecular weight is 353 g/mol. The molecule has 1 aromatic carbocycles. The number of carbonyl (C=O) groups is 1. The molecule has 1 aromatic heterocycles. The summed E-state index contributed by atoms with van der Waals surface area (Å²) in [6, 6.07) is 7.45. The number of hydrogen-bond donors (Lipinski definition) is 1. The third-order valence-electron chi connectivity index (χ3n) is 3.40. The van der Waals surface area contributed by atoms with Gasteiger partial charge in [-0.15, -0.1) is 11.3 Å². The molecule has 0 radical (unpaired) electrons. The molecule has 124 valence electrons. The van der Waals surface area contributed by atoms with Gasteiger partial charge in [0, 0.05) is 25.9 Å². The molecule has 0 saturated heterocycles. The number of aliphatic carboxylic acids is 1. The summed E-state index contributed by atoms with van der Waals surface area (Å²) in [6.45, 7) is 9.52. The van der Waals surface area contributed by atoms with E-state index < -0.39 is 17.7 Å². The third-order valence-corrected chi connectivity index (χ3v) is 4.69. The van der Waals surface area contributed by atoms with E-state index >= 15 is 0 Å². The second-order valence-electron chi connectivity index (χ2n) is 6.46. The van der Waals surface area contributed by atoms with Gasteiger partial charge in [0.05, 0.1) is 5.60 Å². The van der Waals surface area contributed by atoms with E-state index in [1.54, 1.807) is 11.3 Å². The van der Waals surface area contributed by atoms with Crippen LogP contribution in [-0.4, -0.2) is 16.7 Å². The van der Waals surface area contributed by atoms with E-state index in [1.807, 2.05) is 58.9 Å². The lowest BCUT2D eigenvalue weighted by Gasteiger charge is -2.26. The van der Waals surface area contributed by atoms with E-state index in [9.17, 15) is 9.90 Å². The van der Waals surface area contributed by atoms with Gasteiger partial charge < -0.3 is 9.84 Å². The number of hydrogen-bond acceptors (Lipinski definition) is 3. The van der Waals surface area contributed by atoms with Gasteiger partial charge in [0.2, 0.25) is 0 Å². The normalized spacial score (nSPS) is 13.1. The standard InChI is InChI=1S/C18H21ClO3S/c1-10-14(12-6-8-13(19)9-7-12)15(11(2)23-10)16(17(20)21)22-18(3,4)5/h6-9,16H,1-5H3,(H,20,21). The molecule has 0 spiro atoms. The molecular formula is C18H21ClO3S. The molecule has 0 amide bonds. The van der Waals surface area contributed by atoms with Gasteiger partial charge >= 0.3 is 5.97 Å². The number of carboxylic acids is 1. The zero-order chi connectivity index (χ0) is 17.4. The maximum atomic E-state index is 11.8. The van der Waals surface area contributed by atoms with Crippen LogP contribution >= 0.6 is 22.9 Å². The fraction of sp³-hybridized carbons (Fsp3) is 0.389. The van der Waals surface area contributed by atoms with Crippen molar-refractivity contribution in [3.05, 3.63) is 44.6 Å². The van der Waals surface area contributed by atoms with Crippen LogP contribution in [0.15, 0.2) is 24.3 Å². The maximum Gasteiger partial charge on any atom is 0.337 e. The summed E-state index contributed by atoms with van der Waals surface area (Å²) in [7, 11) is 0. The lowest BCUT2D eigenvalue weighted by atomic mass is 9.96. The quantitative estimate of drug-likeness (QED) is 0.776. The topological polar surface area (TPSA) is 46.5 Å². The first-order valence-corrected chi connectivity index (χ1v) is 8.56. The van der Waals surface area contributed by atoms with Gasteiger partial charge in [0.1, 0.15) is 0 Å². The summed E-state index contributed by atoms with van der Waals surface area (Å²) in [5, 5.41) is 10.4. The molecule has 3 nitrogen and oxygen atoms in total. The van der Waals surface area contributed by atoms with Crippen LogP contribution in [0.1, 0.15) is 42.2 Å². The van der Waals surface area contributed by atoms with Crippen LogP contribution < -0.4 is 0 Å². The molecular weight excluding hydrogens is 332 g/mol. The first kappa shape index (κ1) is 18.0. The summed E-state index contributed by atoms with van der Waals surface area (Å²) in [5.41, 5.74) is 2.07. The van der Waals surface area contributed by atoms with Crippen molar-refractivity contribution in [2.45, 2.75) is 46.3 Å². The second kappa shape index (κ2) is 6.63. The number of carboxylic acid groups (broad SMARTS) is 1. The highest BCUT2D eigenvalue weighted by atomic mass is 35.5. The summed E-state index contributed by atoms with van der Waals surface area (Å²) in [6.07, 6.45) is -0.995. The van der Waals surface area contributed by atoms with Crippen molar-refractivity contribution in [3.8, 4) is 11.1 Å². The lowest BCUT2D eigenvalue weighted by molar-refractivity contribution is -0.160. The third kappa shape index (κ3) is 4.14. The molecule has 1 atom stereocenters. The van der Waals surface area contributed by atoms with E-state index in [0.717, 1.165) is 26.4 Å². The van der Waals surface area contributed by atoms with Gasteiger partial charge in [0.25, 0.3) is 0 Å². The minimum atomic E-state index is -0.995. The van der Waals surface area contributed by atoms with Crippen LogP contribution in [-0.2, 0) is 9.53 Å². The number of ether oxygens (including phenoxy) is 1. The van der Waals surface area contributed by atoms with E-state index in [4.69, 9.17) is 16.3 Å². The molecule has 0 aliphatic heterocycles. The Balaban J connectivity index is 2.61. The van der Waals surface area contributed by atoms with Crippen molar-refractivity contribution in [2.24, 2.45) is 0 Å². The second-order valence-corrected chi connectivity index (χ2v) is 8.32. The monoisotopic (exact) mass is 352 g/mol. The first-order chi connectivity index (χ1) is 10.6. The summed E-state index contributed by atoms with van der Waals surface area (Å²) >= 11 is 7.56. The Labute approximate surface area is 145 Å². The van der Waals surface area contributed by atoms with Crippen LogP contribution in [0.3, 0.4) is 0 Å². The van der Waals surface area contributed by atoms with Crippen LogP contribution in [0.4, 0.5) is 0 Å². The van der Waals surface area contributed by atoms with Crippen molar-refractivity contribution in [1.29, 1.82) is 0 Å². The molecule has 0 fully saturated rings. The van der Waals surface area contributed by atoms with Crippen LogP contribution in [0.2, 0.25) is 5.02 Å². The molecule has 0 aliphatic carbocycles. The van der Waals surface area contributed by atoms with Crippen molar-refractivity contribution in [2.75, 3.05) is 0 Å².